The molecule has 0 saturated heterocycles. The molecular weight excluding hydrogens is 687 g/mol. The van der Waals surface area contributed by atoms with Gasteiger partial charge in [0.25, 0.3) is 0 Å². The summed E-state index contributed by atoms with van der Waals surface area (Å²) in [4.78, 5) is 15.8. The summed E-state index contributed by atoms with van der Waals surface area (Å²) >= 11 is 0. The van der Waals surface area contributed by atoms with Crippen molar-refractivity contribution < 1.29 is 0 Å². The summed E-state index contributed by atoms with van der Waals surface area (Å²) < 4.78 is 0. The Morgan fingerprint density at radius 3 is 1.39 bits per heavy atom. The number of nitrogens with zero attached hydrogens (tertiary/aromatic N) is 3. The minimum atomic E-state index is -1.99. The Labute approximate surface area is 319 Å². The van der Waals surface area contributed by atoms with Gasteiger partial charge in [-0.25, -0.2) is 15.0 Å². The first-order chi connectivity index (χ1) is 26.3. The summed E-state index contributed by atoms with van der Waals surface area (Å²) in [6.45, 7) is 9.90. The van der Waals surface area contributed by atoms with E-state index in [0.717, 1.165) is 16.7 Å². The van der Waals surface area contributed by atoms with Crippen molar-refractivity contribution in [2.24, 2.45) is 0 Å². The molecule has 0 radical (unpaired) electrons. The van der Waals surface area contributed by atoms with Crippen LogP contribution in [0.15, 0.2) is 164 Å². The monoisotopic (exact) mass is 725 g/mol. The predicted molar refractivity (Wildman–Crippen MR) is 231 cm³/mol. The van der Waals surface area contributed by atoms with Crippen LogP contribution in [0.3, 0.4) is 0 Å². The number of aromatic nitrogens is 3. The maximum Gasteiger partial charge on any atom is 0.164 e. The lowest BCUT2D eigenvalue weighted by Gasteiger charge is -2.23. The molecule has 8 aromatic rings. The summed E-state index contributed by atoms with van der Waals surface area (Å²) in [7, 11) is -3.88. The van der Waals surface area contributed by atoms with E-state index in [2.05, 4.69) is 172 Å². The van der Waals surface area contributed by atoms with Gasteiger partial charge in [0, 0.05) is 16.7 Å². The number of hydrogen-bond donors (Lipinski definition) is 0. The van der Waals surface area contributed by atoms with E-state index in [1.165, 1.54) is 65.3 Å². The normalized spacial score (nSPS) is 14.2. The van der Waals surface area contributed by atoms with Gasteiger partial charge in [-0.05, 0) is 89.5 Å². The van der Waals surface area contributed by atoms with Gasteiger partial charge >= 0.3 is 0 Å². The third-order valence-corrected chi connectivity index (χ3v) is 18.8. The number of fused-ring (bicyclic) bond motifs is 6. The highest BCUT2D eigenvalue weighted by Gasteiger charge is 2.40. The predicted octanol–water partition coefficient (Wildman–Crippen LogP) is 9.81. The molecule has 2 aliphatic heterocycles. The fraction of sp³-hybridized carbons (Fsp3) is 0.0816. The Morgan fingerprint density at radius 2 is 0.741 bits per heavy atom. The van der Waals surface area contributed by atoms with E-state index in [1.54, 1.807) is 0 Å². The van der Waals surface area contributed by atoms with Crippen molar-refractivity contribution in [2.45, 2.75) is 26.2 Å². The summed E-state index contributed by atoms with van der Waals surface area (Å²) in [5.41, 5.74) is 13.2. The lowest BCUT2D eigenvalue weighted by Crippen LogP contribution is -2.50. The van der Waals surface area contributed by atoms with E-state index in [-0.39, 0.29) is 0 Å². The lowest BCUT2D eigenvalue weighted by molar-refractivity contribution is 1.07. The molecule has 2 aliphatic rings. The molecule has 3 heterocycles. The molecule has 0 amide bonds. The van der Waals surface area contributed by atoms with Gasteiger partial charge in [-0.3, -0.25) is 0 Å². The van der Waals surface area contributed by atoms with Crippen LogP contribution in [0.25, 0.3) is 78.7 Å². The highest BCUT2D eigenvalue weighted by molar-refractivity contribution is 7.05. The maximum absolute atomic E-state index is 5.34. The quantitative estimate of drug-likeness (QED) is 0.166. The van der Waals surface area contributed by atoms with Crippen LogP contribution in [0, 0.1) is 0 Å². The Balaban J connectivity index is 1.18. The highest BCUT2D eigenvalue weighted by Crippen LogP contribution is 2.38. The molecule has 54 heavy (non-hydrogen) atoms. The fourth-order valence-electron chi connectivity index (χ4n) is 8.97. The summed E-state index contributed by atoms with van der Waals surface area (Å²) in [6.07, 6.45) is 0. The molecular formula is C49H39N3Si2. The number of hydrogen-bond acceptors (Lipinski definition) is 3. The molecule has 0 unspecified atom stereocenters. The smallest absolute Gasteiger partial charge is 0.164 e. The lowest BCUT2D eigenvalue weighted by atomic mass is 9.95. The Morgan fingerprint density at radius 1 is 0.296 bits per heavy atom. The van der Waals surface area contributed by atoms with Crippen LogP contribution >= 0.6 is 0 Å². The molecule has 0 spiro atoms. The molecule has 3 nitrogen and oxygen atoms in total. The first-order valence-electron chi connectivity index (χ1n) is 18.8. The molecule has 1 aromatic heterocycles. The minimum absolute atomic E-state index is 0.675. The first kappa shape index (κ1) is 32.6. The molecule has 0 atom stereocenters. The van der Waals surface area contributed by atoms with Gasteiger partial charge in [0.1, 0.15) is 16.1 Å². The first-order valence-corrected chi connectivity index (χ1v) is 24.8. The second-order valence-corrected chi connectivity index (χ2v) is 24.3. The van der Waals surface area contributed by atoms with Gasteiger partial charge < -0.3 is 0 Å². The van der Waals surface area contributed by atoms with Crippen molar-refractivity contribution in [1.82, 2.24) is 15.0 Å². The van der Waals surface area contributed by atoms with Crippen molar-refractivity contribution in [3.8, 4) is 78.7 Å². The van der Waals surface area contributed by atoms with Crippen LogP contribution < -0.4 is 20.7 Å². The Hall–Kier alpha value is -6.02. The molecule has 258 valence electrons. The van der Waals surface area contributed by atoms with Crippen LogP contribution in [0.5, 0.6) is 0 Å². The zero-order valence-corrected chi connectivity index (χ0v) is 32.9. The van der Waals surface area contributed by atoms with Gasteiger partial charge in [-0.2, -0.15) is 0 Å². The fourth-order valence-corrected chi connectivity index (χ4v) is 15.5. The molecule has 0 aliphatic carbocycles. The van der Waals surface area contributed by atoms with Gasteiger partial charge in [0.05, 0.1) is 0 Å². The Kier molecular flexibility index (Phi) is 7.41. The van der Waals surface area contributed by atoms with Crippen LogP contribution in [0.2, 0.25) is 26.2 Å². The average molecular weight is 726 g/mol. The topological polar surface area (TPSA) is 38.7 Å². The van der Waals surface area contributed by atoms with Crippen LogP contribution in [-0.4, -0.2) is 31.1 Å². The zero-order chi connectivity index (χ0) is 36.6. The van der Waals surface area contributed by atoms with Crippen molar-refractivity contribution in [3.05, 3.63) is 164 Å². The largest absolute Gasteiger partial charge is 0.208 e. The van der Waals surface area contributed by atoms with E-state index in [0.29, 0.717) is 17.5 Å². The molecule has 7 aromatic carbocycles. The maximum atomic E-state index is 5.34. The van der Waals surface area contributed by atoms with E-state index in [1.807, 2.05) is 18.2 Å². The number of rotatable bonds is 5. The molecule has 5 heteroatoms. The standard InChI is InChI=1S/C49H39N3Si2/c1-53(2)44-26-24-35(32-16-8-5-9-17-32)28-40(44)41-29-36(25-27-45(41)53)48-50-47(34-20-12-7-13-21-34)51-49(52-48)37-30-39(33-18-10-6-11-19-33)46-42(31-37)38-22-14-15-23-43(38)54(46,3)4/h5-31H,1-4H3. The Bertz CT molecular complexity index is 2760. The van der Waals surface area contributed by atoms with E-state index >= 15 is 0 Å². The second-order valence-electron chi connectivity index (χ2n) is 15.7. The summed E-state index contributed by atoms with van der Waals surface area (Å²) in [5, 5.41) is 5.90. The summed E-state index contributed by atoms with van der Waals surface area (Å²) in [6, 6.07) is 59.5. The highest BCUT2D eigenvalue weighted by atomic mass is 28.3. The van der Waals surface area contributed by atoms with Crippen molar-refractivity contribution in [3.63, 3.8) is 0 Å². The average Bonchev–Trinajstić information content (AvgIpc) is 3.60. The van der Waals surface area contributed by atoms with E-state index < -0.39 is 16.1 Å². The zero-order valence-electron chi connectivity index (χ0n) is 30.9. The van der Waals surface area contributed by atoms with Gasteiger partial charge in [-0.1, -0.05) is 166 Å². The third-order valence-electron chi connectivity index (χ3n) is 11.7. The molecule has 0 bridgehead atoms. The van der Waals surface area contributed by atoms with Gasteiger partial charge in [0.2, 0.25) is 0 Å². The number of benzene rings is 7. The molecule has 10 rings (SSSR count). The molecule has 0 saturated carbocycles. The third kappa shape index (κ3) is 5.11. The van der Waals surface area contributed by atoms with Gasteiger partial charge in [0.15, 0.2) is 17.5 Å². The SMILES string of the molecule is C[Si]1(C)c2ccc(-c3ccccc3)cc2-c2cc(-c3nc(-c4ccccc4)nc(-c4cc(-c5ccccc5)c5c(c4)-c4ccccc4[Si]5(C)C)n3)ccc21. The molecule has 0 N–H and O–H groups in total. The van der Waals surface area contributed by atoms with Crippen molar-refractivity contribution >= 4 is 36.9 Å². The molecule has 0 fully saturated rings. The van der Waals surface area contributed by atoms with Gasteiger partial charge in [-0.15, -0.1) is 0 Å². The summed E-state index contributed by atoms with van der Waals surface area (Å²) in [5.74, 6) is 2.05. The van der Waals surface area contributed by atoms with Crippen molar-refractivity contribution in [2.75, 3.05) is 0 Å². The van der Waals surface area contributed by atoms with E-state index in [9.17, 15) is 0 Å². The van der Waals surface area contributed by atoms with Crippen molar-refractivity contribution in [1.29, 1.82) is 0 Å². The van der Waals surface area contributed by atoms with Crippen LogP contribution in [-0.2, 0) is 0 Å². The minimum Gasteiger partial charge on any atom is -0.208 e. The van der Waals surface area contributed by atoms with Crippen LogP contribution in [0.4, 0.5) is 0 Å². The van der Waals surface area contributed by atoms with E-state index in [4.69, 9.17) is 15.0 Å². The second kappa shape index (κ2) is 12.3. The van der Waals surface area contributed by atoms with Crippen LogP contribution in [0.1, 0.15) is 0 Å².